The third-order valence-corrected chi connectivity index (χ3v) is 0. The van der Waals surface area contributed by atoms with Gasteiger partial charge in [0, 0.05) is 6.61 Å². The molecule has 0 saturated heterocycles. The zero-order valence-corrected chi connectivity index (χ0v) is 3.86. The molecule has 0 fully saturated rings. The topological polar surface area (TPSA) is 44.1 Å². The first-order valence-corrected chi connectivity index (χ1v) is 1.63. The first kappa shape index (κ1) is 9.05. The summed E-state index contributed by atoms with van der Waals surface area (Å²) in [5.41, 5.74) is 0. The smallest absolute Gasteiger partial charge is 0.0402 e. The van der Waals surface area contributed by atoms with Crippen LogP contribution in [0, 0.1) is 5.41 Å². The van der Waals surface area contributed by atoms with Gasteiger partial charge >= 0.3 is 0 Å². The van der Waals surface area contributed by atoms with Gasteiger partial charge in [0.1, 0.15) is 0 Å². The summed E-state index contributed by atoms with van der Waals surface area (Å²) >= 11 is 0. The van der Waals surface area contributed by atoms with E-state index in [0.29, 0.717) is 0 Å². The summed E-state index contributed by atoms with van der Waals surface area (Å²) in [4.78, 5) is 0. The van der Waals surface area contributed by atoms with Crippen LogP contribution in [-0.4, -0.2) is 17.6 Å². The molecule has 0 aliphatic carbocycles. The molecule has 0 spiro atoms. The second-order valence-electron chi connectivity index (χ2n) is 0.493. The molecule has 0 rings (SSSR count). The highest BCUT2D eigenvalue weighted by Gasteiger charge is 1.34. The maximum absolute atomic E-state index is 7.57. The molecule has 0 aromatic carbocycles. The zero-order valence-electron chi connectivity index (χ0n) is 3.86. The highest BCUT2D eigenvalue weighted by atomic mass is 16.2. The average Bonchev–Trinajstić information content (AvgIpc) is 1.39. The van der Waals surface area contributed by atoms with E-state index in [1.165, 1.54) is 0 Å². The second kappa shape index (κ2) is 25.8. The van der Waals surface area contributed by atoms with Gasteiger partial charge in [0.25, 0.3) is 0 Å². The van der Waals surface area contributed by atoms with Crippen LogP contribution in [0.1, 0.15) is 6.92 Å². The van der Waals surface area contributed by atoms with Crippen LogP contribution >= 0.6 is 0 Å². The molecule has 6 heavy (non-hydrogen) atoms. The van der Waals surface area contributed by atoms with Gasteiger partial charge in [-0.25, -0.2) is 0 Å². The number of aliphatic hydroxyl groups excluding tert-OH is 1. The van der Waals surface area contributed by atoms with Crippen molar-refractivity contribution in [3.05, 3.63) is 6.58 Å². The van der Waals surface area contributed by atoms with E-state index in [2.05, 4.69) is 6.58 Å². The summed E-state index contributed by atoms with van der Waals surface area (Å²) in [5, 5.41) is 13.4. The van der Waals surface area contributed by atoms with Crippen LogP contribution in [0.25, 0.3) is 0 Å². The van der Waals surface area contributed by atoms with Gasteiger partial charge in [-0.1, -0.05) is 0 Å². The molecule has 0 aromatic heterocycles. The zero-order chi connectivity index (χ0) is 5.41. The maximum Gasteiger partial charge on any atom is 0.0402 e. The maximum atomic E-state index is 7.57. The summed E-state index contributed by atoms with van der Waals surface area (Å²) in [6, 6.07) is 0. The molecule has 2 heteroatoms. The second-order valence-corrected chi connectivity index (χ2v) is 0.493. The highest BCUT2D eigenvalue weighted by Crippen LogP contribution is 1.30. The van der Waals surface area contributed by atoms with E-state index in [4.69, 9.17) is 10.5 Å². The summed E-state index contributed by atoms with van der Waals surface area (Å²) in [6.45, 7) is 4.83. The van der Waals surface area contributed by atoms with E-state index in [0.717, 1.165) is 0 Å². The van der Waals surface area contributed by atoms with E-state index in [9.17, 15) is 0 Å². The van der Waals surface area contributed by atoms with E-state index < -0.39 is 0 Å². The Balaban J connectivity index is 0. The SMILES string of the molecule is C=C=N.CCO. The Morgan fingerprint density at radius 2 is 2.00 bits per heavy atom. The number of hydrogen-bond acceptors (Lipinski definition) is 2. The summed E-state index contributed by atoms with van der Waals surface area (Å²) in [5.74, 6) is 1.75. The third-order valence-electron chi connectivity index (χ3n) is 0. The Bertz CT molecular complexity index is 36.8. The highest BCUT2D eigenvalue weighted by molar-refractivity contribution is 5.41. The molecule has 2 N–H and O–H groups in total. The Morgan fingerprint density at radius 3 is 2.00 bits per heavy atom. The number of hydrogen-bond donors (Lipinski definition) is 2. The van der Waals surface area contributed by atoms with Crippen LogP contribution < -0.4 is 0 Å². The van der Waals surface area contributed by atoms with Crippen LogP contribution in [0.15, 0.2) is 6.58 Å². The predicted molar refractivity (Wildman–Crippen MR) is 26.1 cm³/mol. The third kappa shape index (κ3) is 56.9. The van der Waals surface area contributed by atoms with Gasteiger partial charge in [-0.05, 0) is 19.4 Å². The van der Waals surface area contributed by atoms with Crippen LogP contribution in [0.3, 0.4) is 0 Å². The van der Waals surface area contributed by atoms with Crippen LogP contribution in [0.5, 0.6) is 0 Å². The van der Waals surface area contributed by atoms with Gasteiger partial charge in [-0.15, -0.1) is 0 Å². The molecular formula is C4H9NO. The molecule has 0 aliphatic rings. The van der Waals surface area contributed by atoms with Gasteiger partial charge in [-0.3, -0.25) is 5.41 Å². The lowest BCUT2D eigenvalue weighted by Gasteiger charge is -1.52. The fourth-order valence-electron chi connectivity index (χ4n) is 0. The molecule has 0 aromatic rings. The van der Waals surface area contributed by atoms with Gasteiger partial charge in [0.15, 0.2) is 0 Å². The van der Waals surface area contributed by atoms with Crippen molar-refractivity contribution in [2.24, 2.45) is 0 Å². The molecule has 2 nitrogen and oxygen atoms in total. The standard InChI is InChI=1S/C2H3N.C2H6O/c2*1-2-3/h3H,1H2;3H,2H2,1H3. The quantitative estimate of drug-likeness (QED) is 0.413. The molecule has 0 atom stereocenters. The Hall–Kier alpha value is -0.590. The number of nitrogens with one attached hydrogen (secondary N) is 1. The lowest BCUT2D eigenvalue weighted by molar-refractivity contribution is 0.318. The number of rotatable bonds is 0. The molecule has 0 radical (unpaired) electrons. The van der Waals surface area contributed by atoms with Crippen molar-refractivity contribution in [2.75, 3.05) is 6.61 Å². The minimum atomic E-state index is 0.250. The molecule has 0 bridgehead atoms. The van der Waals surface area contributed by atoms with Crippen molar-refractivity contribution in [2.45, 2.75) is 6.92 Å². The van der Waals surface area contributed by atoms with Gasteiger partial charge in [0.05, 0.1) is 0 Å². The monoisotopic (exact) mass is 87.1 g/mol. The van der Waals surface area contributed by atoms with Crippen molar-refractivity contribution in [3.63, 3.8) is 0 Å². The van der Waals surface area contributed by atoms with Gasteiger partial charge in [-0.2, -0.15) is 0 Å². The Kier molecular flexibility index (Phi) is 38.9. The van der Waals surface area contributed by atoms with Crippen LogP contribution in [-0.2, 0) is 0 Å². The van der Waals surface area contributed by atoms with Crippen molar-refractivity contribution in [1.82, 2.24) is 0 Å². The first-order valence-electron chi connectivity index (χ1n) is 1.63. The number of aliphatic hydroxyl groups is 1. The van der Waals surface area contributed by atoms with E-state index in [1.807, 2.05) is 0 Å². The van der Waals surface area contributed by atoms with Crippen LogP contribution in [0.4, 0.5) is 0 Å². The molecule has 36 valence electrons. The molecular weight excluding hydrogens is 78.0 g/mol. The minimum Gasteiger partial charge on any atom is -0.397 e. The predicted octanol–water partition coefficient (Wildman–Crippen LogP) is 0.419. The summed E-state index contributed by atoms with van der Waals surface area (Å²) in [6.07, 6.45) is 0. The van der Waals surface area contributed by atoms with E-state index in [1.54, 1.807) is 12.8 Å². The minimum absolute atomic E-state index is 0.250. The Labute approximate surface area is 37.6 Å². The van der Waals surface area contributed by atoms with Crippen molar-refractivity contribution in [1.29, 1.82) is 5.41 Å². The van der Waals surface area contributed by atoms with Gasteiger partial charge in [0.2, 0.25) is 0 Å². The normalized spacial score (nSPS) is 4.33. The molecule has 0 heterocycles. The molecule has 0 unspecified atom stereocenters. The van der Waals surface area contributed by atoms with Crippen molar-refractivity contribution in [3.8, 4) is 0 Å². The van der Waals surface area contributed by atoms with E-state index in [-0.39, 0.29) is 6.61 Å². The Morgan fingerprint density at radius 1 is 2.00 bits per heavy atom. The first-order chi connectivity index (χ1) is 2.83. The average molecular weight is 87.1 g/mol. The van der Waals surface area contributed by atoms with Gasteiger partial charge < -0.3 is 5.11 Å². The molecule has 0 aliphatic heterocycles. The van der Waals surface area contributed by atoms with Crippen molar-refractivity contribution >= 4 is 5.87 Å². The lowest BCUT2D eigenvalue weighted by atomic mass is 10.9. The van der Waals surface area contributed by atoms with Crippen molar-refractivity contribution < 1.29 is 5.11 Å². The summed E-state index contributed by atoms with van der Waals surface area (Å²) < 4.78 is 0. The fraction of sp³-hybridized carbons (Fsp3) is 0.500. The summed E-state index contributed by atoms with van der Waals surface area (Å²) in [7, 11) is 0. The molecule has 0 saturated carbocycles. The van der Waals surface area contributed by atoms with Crippen LogP contribution in [0.2, 0.25) is 0 Å². The molecule has 0 amide bonds. The largest absolute Gasteiger partial charge is 0.397 e. The van der Waals surface area contributed by atoms with E-state index >= 15 is 0 Å². The lowest BCUT2D eigenvalue weighted by Crippen LogP contribution is -1.57. The fourth-order valence-corrected chi connectivity index (χ4v) is 0.